The van der Waals surface area contributed by atoms with Crippen molar-refractivity contribution in [3.05, 3.63) is 0 Å². The van der Waals surface area contributed by atoms with Crippen LogP contribution in [0.25, 0.3) is 0 Å². The Balaban J connectivity index is 2.25. The molecule has 5 nitrogen and oxygen atoms in total. The van der Waals surface area contributed by atoms with Gasteiger partial charge in [0, 0.05) is 0 Å². The summed E-state index contributed by atoms with van der Waals surface area (Å²) in [6.07, 6.45) is -5.52. The summed E-state index contributed by atoms with van der Waals surface area (Å²) in [6, 6.07) is 0. The molecule has 2 aliphatic heterocycles. The number of fused-ring (bicyclic) bond motifs is 1. The zero-order valence-electron chi connectivity index (χ0n) is 8.91. The molecule has 0 saturated carbocycles. The summed E-state index contributed by atoms with van der Waals surface area (Å²) >= 11 is 0. The van der Waals surface area contributed by atoms with Gasteiger partial charge in [0.15, 0.2) is 11.9 Å². The standard InChI is InChI=1S/C9H11F3N2O3/c1-8-2-4(9(10,11)12)3-17-7(8)14-13-5(8)6(15)16/h4,7,14H,2-3H2,1H3,(H,15,16). The normalized spacial score (nSPS) is 37.1. The summed E-state index contributed by atoms with van der Waals surface area (Å²) in [4.78, 5) is 10.9. The maximum Gasteiger partial charge on any atom is 0.394 e. The highest BCUT2D eigenvalue weighted by Gasteiger charge is 2.56. The van der Waals surface area contributed by atoms with Crippen LogP contribution in [0.15, 0.2) is 5.10 Å². The molecular formula is C9H11F3N2O3. The van der Waals surface area contributed by atoms with Crippen molar-refractivity contribution in [2.45, 2.75) is 25.7 Å². The number of alkyl halides is 3. The predicted molar refractivity (Wildman–Crippen MR) is 50.2 cm³/mol. The molecule has 2 heterocycles. The average Bonchev–Trinajstić information content (AvgIpc) is 2.52. The van der Waals surface area contributed by atoms with Gasteiger partial charge in [-0.25, -0.2) is 4.79 Å². The van der Waals surface area contributed by atoms with Crippen molar-refractivity contribution >= 4 is 11.7 Å². The van der Waals surface area contributed by atoms with Gasteiger partial charge < -0.3 is 9.84 Å². The maximum atomic E-state index is 12.6. The summed E-state index contributed by atoms with van der Waals surface area (Å²) < 4.78 is 42.8. The fraction of sp³-hybridized carbons (Fsp3) is 0.778. The molecule has 3 atom stereocenters. The molecule has 2 aliphatic rings. The molecule has 8 heteroatoms. The number of halogens is 3. The lowest BCUT2D eigenvalue weighted by Gasteiger charge is -2.39. The number of nitrogens with one attached hydrogen (secondary N) is 1. The number of ether oxygens (including phenoxy) is 1. The number of aliphatic carboxylic acids is 1. The number of hydrazone groups is 1. The Hall–Kier alpha value is -1.31. The molecule has 0 spiro atoms. The van der Waals surface area contributed by atoms with Crippen LogP contribution in [0.1, 0.15) is 13.3 Å². The van der Waals surface area contributed by atoms with Crippen LogP contribution in [0.3, 0.4) is 0 Å². The Morgan fingerprint density at radius 2 is 2.29 bits per heavy atom. The summed E-state index contributed by atoms with van der Waals surface area (Å²) in [7, 11) is 0. The van der Waals surface area contributed by atoms with Crippen LogP contribution >= 0.6 is 0 Å². The third kappa shape index (κ3) is 1.86. The van der Waals surface area contributed by atoms with Crippen molar-refractivity contribution in [1.82, 2.24) is 5.43 Å². The van der Waals surface area contributed by atoms with Gasteiger partial charge >= 0.3 is 12.1 Å². The molecule has 3 unspecified atom stereocenters. The monoisotopic (exact) mass is 252 g/mol. The van der Waals surface area contributed by atoms with Crippen LogP contribution in [-0.4, -0.2) is 35.8 Å². The first-order valence-electron chi connectivity index (χ1n) is 5.00. The number of carboxylic acid groups (broad SMARTS) is 1. The molecule has 1 saturated heterocycles. The highest BCUT2D eigenvalue weighted by molar-refractivity contribution is 6.38. The van der Waals surface area contributed by atoms with E-state index in [1.807, 2.05) is 0 Å². The molecule has 1 fully saturated rings. The second-order valence-corrected chi connectivity index (χ2v) is 4.47. The third-order valence-corrected chi connectivity index (χ3v) is 3.21. The number of carbonyl (C=O) groups is 1. The van der Waals surface area contributed by atoms with Gasteiger partial charge in [-0.3, -0.25) is 5.43 Å². The summed E-state index contributed by atoms with van der Waals surface area (Å²) in [5, 5.41) is 12.4. The first-order chi connectivity index (χ1) is 7.75. The van der Waals surface area contributed by atoms with E-state index in [1.54, 1.807) is 0 Å². The zero-order chi connectivity index (χ0) is 12.8. The molecule has 0 aromatic carbocycles. The van der Waals surface area contributed by atoms with Crippen molar-refractivity contribution < 1.29 is 27.8 Å². The maximum absolute atomic E-state index is 12.6. The van der Waals surface area contributed by atoms with Crippen LogP contribution < -0.4 is 5.43 Å². The van der Waals surface area contributed by atoms with E-state index in [2.05, 4.69) is 10.5 Å². The van der Waals surface area contributed by atoms with E-state index in [0.717, 1.165) is 0 Å². The van der Waals surface area contributed by atoms with Gasteiger partial charge in [0.05, 0.1) is 17.9 Å². The zero-order valence-corrected chi connectivity index (χ0v) is 8.91. The van der Waals surface area contributed by atoms with E-state index >= 15 is 0 Å². The van der Waals surface area contributed by atoms with Gasteiger partial charge in [-0.1, -0.05) is 0 Å². The fourth-order valence-electron chi connectivity index (χ4n) is 2.23. The van der Waals surface area contributed by atoms with E-state index in [-0.39, 0.29) is 12.1 Å². The van der Waals surface area contributed by atoms with Gasteiger partial charge in [-0.2, -0.15) is 18.3 Å². The largest absolute Gasteiger partial charge is 0.477 e. The SMILES string of the molecule is CC12CC(C(F)(F)F)COC1NN=C2C(=O)O. The van der Waals surface area contributed by atoms with Crippen molar-refractivity contribution in [2.24, 2.45) is 16.4 Å². The fourth-order valence-corrected chi connectivity index (χ4v) is 2.23. The smallest absolute Gasteiger partial charge is 0.394 e. The molecule has 0 aliphatic carbocycles. The van der Waals surface area contributed by atoms with E-state index in [4.69, 9.17) is 9.84 Å². The molecule has 2 rings (SSSR count). The Morgan fingerprint density at radius 3 is 2.82 bits per heavy atom. The topological polar surface area (TPSA) is 70.9 Å². The van der Waals surface area contributed by atoms with Crippen molar-refractivity contribution in [1.29, 1.82) is 0 Å². The molecule has 0 aromatic rings. The van der Waals surface area contributed by atoms with E-state index < -0.39 is 36.3 Å². The number of hydrogen-bond acceptors (Lipinski definition) is 4. The summed E-state index contributed by atoms with van der Waals surface area (Å²) in [5.74, 6) is -2.98. The molecular weight excluding hydrogens is 241 g/mol. The van der Waals surface area contributed by atoms with Gasteiger partial charge in [-0.05, 0) is 13.3 Å². The van der Waals surface area contributed by atoms with Crippen molar-refractivity contribution in [3.8, 4) is 0 Å². The lowest BCUT2D eigenvalue weighted by atomic mass is 9.74. The molecule has 96 valence electrons. The lowest BCUT2D eigenvalue weighted by molar-refractivity contribution is -0.224. The minimum Gasteiger partial charge on any atom is -0.477 e. The molecule has 17 heavy (non-hydrogen) atoms. The van der Waals surface area contributed by atoms with Gasteiger partial charge in [0.25, 0.3) is 0 Å². The van der Waals surface area contributed by atoms with Crippen LogP contribution in [0.4, 0.5) is 13.2 Å². The minimum absolute atomic E-state index is 0.309. The van der Waals surface area contributed by atoms with E-state index in [9.17, 15) is 18.0 Å². The Morgan fingerprint density at radius 1 is 1.65 bits per heavy atom. The number of hydrogen-bond donors (Lipinski definition) is 2. The van der Waals surface area contributed by atoms with E-state index in [1.165, 1.54) is 6.92 Å². The third-order valence-electron chi connectivity index (χ3n) is 3.21. The van der Waals surface area contributed by atoms with Crippen molar-refractivity contribution in [3.63, 3.8) is 0 Å². The van der Waals surface area contributed by atoms with E-state index in [0.29, 0.717) is 0 Å². The molecule has 2 N–H and O–H groups in total. The number of rotatable bonds is 1. The second-order valence-electron chi connectivity index (χ2n) is 4.47. The van der Waals surface area contributed by atoms with Crippen LogP contribution in [0.2, 0.25) is 0 Å². The Labute approximate surface area is 94.6 Å². The van der Waals surface area contributed by atoms with Gasteiger partial charge in [0.2, 0.25) is 0 Å². The van der Waals surface area contributed by atoms with Gasteiger partial charge in [0.1, 0.15) is 0 Å². The highest BCUT2D eigenvalue weighted by atomic mass is 19.4. The quantitative estimate of drug-likeness (QED) is 0.729. The predicted octanol–water partition coefficient (Wildman–Crippen LogP) is 0.961. The van der Waals surface area contributed by atoms with Crippen LogP contribution in [-0.2, 0) is 9.53 Å². The molecule has 0 amide bonds. The highest BCUT2D eigenvalue weighted by Crippen LogP contribution is 2.45. The molecule has 0 radical (unpaired) electrons. The van der Waals surface area contributed by atoms with Crippen molar-refractivity contribution in [2.75, 3.05) is 6.61 Å². The first-order valence-corrected chi connectivity index (χ1v) is 5.00. The van der Waals surface area contributed by atoms with Gasteiger partial charge in [-0.15, -0.1) is 0 Å². The lowest BCUT2D eigenvalue weighted by Crippen LogP contribution is -2.52. The molecule has 0 aromatic heterocycles. The minimum atomic E-state index is -4.39. The summed E-state index contributed by atoms with van der Waals surface area (Å²) in [6.45, 7) is 0.946. The average molecular weight is 252 g/mol. The number of nitrogens with zero attached hydrogens (tertiary/aromatic N) is 1. The van der Waals surface area contributed by atoms with Crippen LogP contribution in [0, 0.1) is 11.3 Å². The second kappa shape index (κ2) is 3.59. The van der Waals surface area contributed by atoms with Crippen LogP contribution in [0.5, 0.6) is 0 Å². The first kappa shape index (κ1) is 12.2. The summed E-state index contributed by atoms with van der Waals surface area (Å²) in [5.41, 5.74) is 0.865. The number of carboxylic acids is 1. The molecule has 0 bridgehead atoms. The Kier molecular flexibility index (Phi) is 2.57. The Bertz CT molecular complexity index is 382.